The number of benzene rings is 3. The van der Waals surface area contributed by atoms with Gasteiger partial charge in [0, 0.05) is 5.69 Å². The van der Waals surface area contributed by atoms with E-state index < -0.39 is 17.2 Å². The van der Waals surface area contributed by atoms with Crippen molar-refractivity contribution in [2.45, 2.75) is 13.2 Å². The van der Waals surface area contributed by atoms with Crippen LogP contribution in [-0.2, 0) is 17.9 Å². The van der Waals surface area contributed by atoms with Crippen LogP contribution in [0.4, 0.5) is 5.69 Å². The van der Waals surface area contributed by atoms with Crippen molar-refractivity contribution in [1.82, 2.24) is 9.55 Å². The van der Waals surface area contributed by atoms with Crippen LogP contribution >= 0.6 is 0 Å². The van der Waals surface area contributed by atoms with E-state index in [1.165, 1.54) is 0 Å². The fourth-order valence-electron chi connectivity index (χ4n) is 3.06. The Morgan fingerprint density at radius 2 is 1.60 bits per heavy atom. The van der Waals surface area contributed by atoms with Crippen LogP contribution in [0.5, 0.6) is 5.75 Å². The molecular formula is C23H19N3O4. The van der Waals surface area contributed by atoms with Crippen molar-refractivity contribution in [3.63, 3.8) is 0 Å². The van der Waals surface area contributed by atoms with Crippen molar-refractivity contribution in [2.24, 2.45) is 0 Å². The van der Waals surface area contributed by atoms with Gasteiger partial charge in [0.05, 0.1) is 10.9 Å². The molecule has 4 rings (SSSR count). The van der Waals surface area contributed by atoms with Crippen LogP contribution in [0.3, 0.4) is 0 Å². The summed E-state index contributed by atoms with van der Waals surface area (Å²) in [4.78, 5) is 39.7. The Morgan fingerprint density at radius 1 is 0.900 bits per heavy atom. The average Bonchev–Trinajstić information content (AvgIpc) is 2.77. The lowest BCUT2D eigenvalue weighted by atomic mass is 10.2. The summed E-state index contributed by atoms with van der Waals surface area (Å²) in [6, 6.07) is 23.4. The molecule has 3 aromatic carbocycles. The molecule has 1 heterocycles. The highest BCUT2D eigenvalue weighted by molar-refractivity contribution is 5.90. The van der Waals surface area contributed by atoms with E-state index in [0.29, 0.717) is 28.9 Å². The summed E-state index contributed by atoms with van der Waals surface area (Å²) < 4.78 is 6.60. The summed E-state index contributed by atoms with van der Waals surface area (Å²) in [5.41, 5.74) is 0.904. The number of nitrogens with one attached hydrogen (secondary N) is 2. The number of aromatic amines is 1. The first-order chi connectivity index (χ1) is 14.6. The van der Waals surface area contributed by atoms with E-state index in [1.54, 1.807) is 48.5 Å². The summed E-state index contributed by atoms with van der Waals surface area (Å²) in [7, 11) is 0. The summed E-state index contributed by atoms with van der Waals surface area (Å²) in [5.74, 6) is 0.190. The maximum Gasteiger partial charge on any atom is 0.329 e. The second-order valence-corrected chi connectivity index (χ2v) is 6.71. The fourth-order valence-corrected chi connectivity index (χ4v) is 3.06. The molecule has 0 saturated carbocycles. The second-order valence-electron chi connectivity index (χ2n) is 6.71. The first-order valence-electron chi connectivity index (χ1n) is 9.39. The number of fused-ring (bicyclic) bond motifs is 1. The highest BCUT2D eigenvalue weighted by Gasteiger charge is 2.11. The fraction of sp³-hybridized carbons (Fsp3) is 0.0870. The van der Waals surface area contributed by atoms with E-state index in [1.807, 2.05) is 30.3 Å². The summed E-state index contributed by atoms with van der Waals surface area (Å²) in [5, 5.41) is 3.04. The number of para-hydroxylation sites is 1. The van der Waals surface area contributed by atoms with Gasteiger partial charge in [-0.05, 0) is 42.0 Å². The number of carbonyl (C=O) groups excluding carboxylic acids is 1. The zero-order valence-corrected chi connectivity index (χ0v) is 16.0. The molecule has 30 heavy (non-hydrogen) atoms. The van der Waals surface area contributed by atoms with Gasteiger partial charge in [-0.1, -0.05) is 42.5 Å². The van der Waals surface area contributed by atoms with Crippen LogP contribution < -0.4 is 21.3 Å². The Kier molecular flexibility index (Phi) is 5.43. The minimum atomic E-state index is -0.626. The Labute approximate surface area is 171 Å². The molecule has 0 bridgehead atoms. The highest BCUT2D eigenvalue weighted by Crippen LogP contribution is 2.17. The normalized spacial score (nSPS) is 10.7. The summed E-state index contributed by atoms with van der Waals surface area (Å²) in [6.45, 7) is 0.0610. The first-order valence-corrected chi connectivity index (χ1v) is 9.39. The molecule has 0 fully saturated rings. The number of anilines is 1. The van der Waals surface area contributed by atoms with E-state index in [0.717, 1.165) is 10.1 Å². The van der Waals surface area contributed by atoms with Gasteiger partial charge in [0.25, 0.3) is 5.56 Å². The number of rotatable bonds is 6. The third-order valence-corrected chi connectivity index (χ3v) is 4.58. The monoisotopic (exact) mass is 401 g/mol. The molecule has 0 atom stereocenters. The Balaban J connectivity index is 1.41. The van der Waals surface area contributed by atoms with Crippen molar-refractivity contribution in [3.05, 3.63) is 105 Å². The van der Waals surface area contributed by atoms with Gasteiger partial charge in [-0.2, -0.15) is 0 Å². The van der Waals surface area contributed by atoms with E-state index in [2.05, 4.69) is 10.3 Å². The predicted molar refractivity (Wildman–Crippen MR) is 115 cm³/mol. The van der Waals surface area contributed by atoms with Crippen LogP contribution in [-0.4, -0.2) is 15.5 Å². The van der Waals surface area contributed by atoms with E-state index in [-0.39, 0.29) is 6.54 Å². The molecule has 7 heteroatoms. The topological polar surface area (TPSA) is 93.2 Å². The van der Waals surface area contributed by atoms with Gasteiger partial charge in [0.2, 0.25) is 5.91 Å². The predicted octanol–water partition coefficient (Wildman–Crippen LogP) is 2.91. The van der Waals surface area contributed by atoms with Crippen LogP contribution in [0.1, 0.15) is 5.56 Å². The second kappa shape index (κ2) is 8.48. The van der Waals surface area contributed by atoms with Crippen molar-refractivity contribution >= 4 is 22.5 Å². The third kappa shape index (κ3) is 4.30. The van der Waals surface area contributed by atoms with Crippen LogP contribution in [0.25, 0.3) is 10.9 Å². The number of H-pyrrole nitrogens is 1. The molecule has 0 saturated heterocycles. The van der Waals surface area contributed by atoms with Gasteiger partial charge in [-0.25, -0.2) is 4.79 Å². The van der Waals surface area contributed by atoms with E-state index in [4.69, 9.17) is 4.74 Å². The minimum Gasteiger partial charge on any atom is -0.489 e. The molecule has 7 nitrogen and oxygen atoms in total. The molecule has 1 amide bonds. The Morgan fingerprint density at radius 3 is 2.37 bits per heavy atom. The van der Waals surface area contributed by atoms with Crippen molar-refractivity contribution in [2.75, 3.05) is 5.32 Å². The molecule has 4 aromatic rings. The van der Waals surface area contributed by atoms with Crippen molar-refractivity contribution in [1.29, 1.82) is 0 Å². The van der Waals surface area contributed by atoms with Gasteiger partial charge in [-0.3, -0.25) is 14.2 Å². The molecule has 0 aliphatic carbocycles. The molecule has 0 aliphatic rings. The number of ether oxygens (including phenoxy) is 1. The number of carbonyl (C=O) groups is 1. The van der Waals surface area contributed by atoms with E-state index in [9.17, 15) is 14.4 Å². The number of aromatic nitrogens is 2. The standard InChI is InChI=1S/C23H19N3O4/c27-21(14-26-22(28)19-8-4-5-9-20(19)25-23(26)29)24-17-10-12-18(13-11-17)30-15-16-6-2-1-3-7-16/h1-13H,14-15H2,(H,24,27)(H,25,29). The smallest absolute Gasteiger partial charge is 0.329 e. The number of hydrogen-bond donors (Lipinski definition) is 2. The third-order valence-electron chi connectivity index (χ3n) is 4.58. The summed E-state index contributed by atoms with van der Waals surface area (Å²) >= 11 is 0. The molecule has 1 aromatic heterocycles. The van der Waals surface area contributed by atoms with Gasteiger partial charge < -0.3 is 15.0 Å². The molecular weight excluding hydrogens is 382 g/mol. The van der Waals surface area contributed by atoms with Gasteiger partial charge in [0.15, 0.2) is 0 Å². The van der Waals surface area contributed by atoms with Gasteiger partial charge >= 0.3 is 5.69 Å². The van der Waals surface area contributed by atoms with Crippen LogP contribution in [0, 0.1) is 0 Å². The maximum atomic E-state index is 12.5. The molecule has 0 aliphatic heterocycles. The minimum absolute atomic E-state index is 0.352. The first kappa shape index (κ1) is 19.2. The average molecular weight is 401 g/mol. The number of hydrogen-bond acceptors (Lipinski definition) is 4. The van der Waals surface area contributed by atoms with Crippen molar-refractivity contribution in [3.8, 4) is 5.75 Å². The van der Waals surface area contributed by atoms with Crippen molar-refractivity contribution < 1.29 is 9.53 Å². The lowest BCUT2D eigenvalue weighted by Gasteiger charge is -2.09. The quantitative estimate of drug-likeness (QED) is 0.520. The lowest BCUT2D eigenvalue weighted by Crippen LogP contribution is -2.38. The maximum absolute atomic E-state index is 12.5. The zero-order chi connectivity index (χ0) is 20.9. The van der Waals surface area contributed by atoms with Crippen LogP contribution in [0.15, 0.2) is 88.5 Å². The Bertz CT molecular complexity index is 1290. The molecule has 2 N–H and O–H groups in total. The summed E-state index contributed by atoms with van der Waals surface area (Å²) in [6.07, 6.45) is 0. The Hall–Kier alpha value is -4.13. The molecule has 150 valence electrons. The SMILES string of the molecule is O=C(Cn1c(=O)[nH]c2ccccc2c1=O)Nc1ccc(OCc2ccccc2)cc1. The zero-order valence-electron chi connectivity index (χ0n) is 16.0. The highest BCUT2D eigenvalue weighted by atomic mass is 16.5. The lowest BCUT2D eigenvalue weighted by molar-refractivity contribution is -0.116. The molecule has 0 unspecified atom stereocenters. The van der Waals surface area contributed by atoms with Gasteiger partial charge in [-0.15, -0.1) is 0 Å². The largest absolute Gasteiger partial charge is 0.489 e. The molecule has 0 spiro atoms. The van der Waals surface area contributed by atoms with Crippen LogP contribution in [0.2, 0.25) is 0 Å². The molecule has 0 radical (unpaired) electrons. The number of nitrogens with zero attached hydrogens (tertiary/aromatic N) is 1. The van der Waals surface area contributed by atoms with Gasteiger partial charge in [0.1, 0.15) is 18.9 Å². The van der Waals surface area contributed by atoms with E-state index >= 15 is 0 Å². The number of amides is 1.